The van der Waals surface area contributed by atoms with Crippen LogP contribution in [0.1, 0.15) is 11.1 Å². The maximum Gasteiger partial charge on any atom is 0.152 e. The Balaban J connectivity index is 1.16. The molecule has 11 rings (SSSR count). The summed E-state index contributed by atoms with van der Waals surface area (Å²) in [6, 6.07) is 37.2. The van der Waals surface area contributed by atoms with Crippen molar-refractivity contribution in [2.45, 2.75) is 13.8 Å². The molecule has 5 aromatic heterocycles. The minimum atomic E-state index is -2.67. The van der Waals surface area contributed by atoms with E-state index in [2.05, 4.69) is 79.7 Å². The third kappa shape index (κ3) is 4.29. The van der Waals surface area contributed by atoms with Gasteiger partial charge in [0, 0.05) is 44.2 Å². The molecule has 52 heavy (non-hydrogen) atoms. The van der Waals surface area contributed by atoms with Gasteiger partial charge in [0.15, 0.2) is 7.80 Å². The minimum Gasteiger partial charge on any atom is -0.315 e. The van der Waals surface area contributed by atoms with Crippen molar-refractivity contribution in [2.24, 2.45) is 0 Å². The third-order valence-corrected chi connectivity index (χ3v) is 14.3. The van der Waals surface area contributed by atoms with E-state index in [9.17, 15) is 0 Å². The molecule has 1 unspecified atom stereocenters. The van der Waals surface area contributed by atoms with Crippen LogP contribution >= 0.6 is 30.5 Å². The zero-order valence-electron chi connectivity index (χ0n) is 27.9. The maximum atomic E-state index is 15.2. The fourth-order valence-corrected chi connectivity index (χ4v) is 11.6. The standard InChI is InChI=1S/C43H26N5OPS2/c1-22-13-17-31-38(47-39-32(51-31)19-15-29-36(39)24-8-3-5-11-27(24)45-29)35(22)26-10-7-21-44-43(26)50(49)42-23(2)14-18-34-41(42)48-40-33(52-34)20-16-30-37(40)25-9-4-6-12-28(25)46-30/h3-21,50H,1-2H3. The van der Waals surface area contributed by atoms with E-state index < -0.39 is 7.80 Å². The number of nitrogens with zero attached hydrogens (tertiary/aromatic N) is 5. The Morgan fingerprint density at radius 1 is 0.500 bits per heavy atom. The van der Waals surface area contributed by atoms with Crippen molar-refractivity contribution in [1.82, 2.24) is 24.9 Å². The average Bonchev–Trinajstić information content (AvgIpc) is 3.75. The number of hydrogen-bond donors (Lipinski definition) is 0. The van der Waals surface area contributed by atoms with Gasteiger partial charge in [0.1, 0.15) is 5.44 Å². The van der Waals surface area contributed by atoms with Crippen LogP contribution in [-0.2, 0) is 4.57 Å². The molecule has 11 aromatic rings. The van der Waals surface area contributed by atoms with Crippen molar-refractivity contribution < 1.29 is 4.57 Å². The summed E-state index contributed by atoms with van der Waals surface area (Å²) in [4.78, 5) is 25.4. The summed E-state index contributed by atoms with van der Waals surface area (Å²) < 4.78 is 19.4. The molecule has 0 saturated heterocycles. The molecule has 246 valence electrons. The minimum absolute atomic E-state index is 0.565. The van der Waals surface area contributed by atoms with Gasteiger partial charge < -0.3 is 4.57 Å². The van der Waals surface area contributed by atoms with E-state index in [1.165, 1.54) is 0 Å². The first kappa shape index (κ1) is 30.0. The Bertz CT molecular complexity index is 3370. The molecule has 0 fully saturated rings. The first-order chi connectivity index (χ1) is 25.5. The van der Waals surface area contributed by atoms with Gasteiger partial charge >= 0.3 is 0 Å². The van der Waals surface area contributed by atoms with Crippen LogP contribution in [0.15, 0.2) is 115 Å². The van der Waals surface area contributed by atoms with Gasteiger partial charge in [-0.2, -0.15) is 0 Å². The van der Waals surface area contributed by atoms with E-state index in [1.54, 1.807) is 28.9 Å². The molecule has 0 saturated carbocycles. The van der Waals surface area contributed by atoms with E-state index in [1.807, 2.05) is 43.3 Å². The molecule has 0 N–H and O–H groups in total. The molecular weight excluding hydrogens is 698 g/mol. The van der Waals surface area contributed by atoms with Gasteiger partial charge in [-0.3, -0.25) is 4.98 Å². The number of aromatic nitrogens is 5. The van der Waals surface area contributed by atoms with E-state index in [-0.39, 0.29) is 0 Å². The van der Waals surface area contributed by atoms with Gasteiger partial charge in [0.05, 0.1) is 62.9 Å². The quantitative estimate of drug-likeness (QED) is 0.133. The number of para-hydroxylation sites is 2. The van der Waals surface area contributed by atoms with Gasteiger partial charge in [0.2, 0.25) is 0 Å². The second-order valence-electron chi connectivity index (χ2n) is 13.2. The molecule has 6 nitrogen and oxygen atoms in total. The lowest BCUT2D eigenvalue weighted by atomic mass is 10.0. The summed E-state index contributed by atoms with van der Waals surface area (Å²) in [5, 5.41) is 5.01. The van der Waals surface area contributed by atoms with Gasteiger partial charge in [-0.15, -0.1) is 22.7 Å². The average molecular weight is 724 g/mol. The Morgan fingerprint density at radius 2 is 1.04 bits per heavy atom. The summed E-state index contributed by atoms with van der Waals surface area (Å²) in [6.07, 6.45) is 1.75. The molecule has 0 amide bonds. The zero-order chi connectivity index (χ0) is 34.7. The predicted octanol–water partition coefficient (Wildman–Crippen LogP) is 10.8. The van der Waals surface area contributed by atoms with Crippen LogP contribution in [0.25, 0.3) is 95.6 Å². The first-order valence-corrected chi connectivity index (χ1v) is 20.1. The lowest BCUT2D eigenvalue weighted by Gasteiger charge is -2.16. The third-order valence-electron chi connectivity index (χ3n) is 10.2. The Morgan fingerprint density at radius 3 is 1.69 bits per heavy atom. The van der Waals surface area contributed by atoms with E-state index in [0.717, 1.165) is 112 Å². The lowest BCUT2D eigenvalue weighted by Crippen LogP contribution is -2.16. The fourth-order valence-electron chi connectivity index (χ4n) is 7.78. The summed E-state index contributed by atoms with van der Waals surface area (Å²) >= 11 is 3.39. The molecular formula is C43H26N5OPS2. The van der Waals surface area contributed by atoms with Crippen LogP contribution in [0.5, 0.6) is 0 Å². The molecule has 0 bridgehead atoms. The summed E-state index contributed by atoms with van der Waals surface area (Å²) in [5.41, 5.74) is 11.5. The van der Waals surface area contributed by atoms with Crippen molar-refractivity contribution in [1.29, 1.82) is 0 Å². The smallest absolute Gasteiger partial charge is 0.152 e. The number of pyridine rings is 1. The number of benzene rings is 6. The SMILES string of the molecule is Cc1ccc2sc3ccc4nc5ccccc5c4c3nc2c1-c1cccnc1[PH](=O)c1c(C)ccc2sc3ccc4nc5ccccc5c4c3nc12. The normalized spacial score (nSPS) is 12.8. The maximum absolute atomic E-state index is 15.2. The van der Waals surface area contributed by atoms with Gasteiger partial charge in [0.25, 0.3) is 0 Å². The van der Waals surface area contributed by atoms with E-state index in [4.69, 9.17) is 24.9 Å². The van der Waals surface area contributed by atoms with Gasteiger partial charge in [-0.25, -0.2) is 19.9 Å². The highest BCUT2D eigenvalue weighted by Gasteiger charge is 2.24. The molecule has 0 spiro atoms. The molecule has 0 aliphatic carbocycles. The molecule has 1 atom stereocenters. The molecule has 9 heteroatoms. The van der Waals surface area contributed by atoms with Gasteiger partial charge in [-0.1, -0.05) is 54.6 Å². The largest absolute Gasteiger partial charge is 0.315 e. The first-order valence-electron chi connectivity index (χ1n) is 17.0. The highest BCUT2D eigenvalue weighted by Crippen LogP contribution is 2.41. The number of rotatable bonds is 3. The lowest BCUT2D eigenvalue weighted by molar-refractivity contribution is 0.597. The van der Waals surface area contributed by atoms with Crippen molar-refractivity contribution in [3.8, 4) is 11.1 Å². The topological polar surface area (TPSA) is 81.5 Å². The molecule has 0 aliphatic heterocycles. The fraction of sp³-hybridized carbons (Fsp3) is 0.0465. The Kier molecular flexibility index (Phi) is 6.45. The zero-order valence-corrected chi connectivity index (χ0v) is 30.6. The van der Waals surface area contributed by atoms with Crippen molar-refractivity contribution in [3.63, 3.8) is 0 Å². The van der Waals surface area contributed by atoms with Crippen LogP contribution in [0.4, 0.5) is 0 Å². The molecule has 6 aromatic carbocycles. The van der Waals surface area contributed by atoms with Crippen LogP contribution in [0.2, 0.25) is 0 Å². The highest BCUT2D eigenvalue weighted by atomic mass is 32.1. The van der Waals surface area contributed by atoms with Crippen LogP contribution in [0, 0.1) is 13.8 Å². The van der Waals surface area contributed by atoms with Crippen LogP contribution < -0.4 is 10.7 Å². The van der Waals surface area contributed by atoms with Crippen molar-refractivity contribution in [2.75, 3.05) is 0 Å². The number of hydrogen-bond acceptors (Lipinski definition) is 8. The second-order valence-corrected chi connectivity index (χ2v) is 17.0. The summed E-state index contributed by atoms with van der Waals surface area (Å²) in [5.74, 6) is 0. The van der Waals surface area contributed by atoms with Crippen LogP contribution in [0.3, 0.4) is 0 Å². The Labute approximate surface area is 305 Å². The number of fused-ring (bicyclic) bond motifs is 12. The second kappa shape index (κ2) is 11.2. The number of aryl methyl sites for hydroxylation is 2. The molecule has 0 radical (unpaired) electrons. The summed E-state index contributed by atoms with van der Waals surface area (Å²) in [7, 11) is -2.67. The van der Waals surface area contributed by atoms with E-state index >= 15 is 4.57 Å². The van der Waals surface area contributed by atoms with Crippen molar-refractivity contribution in [3.05, 3.63) is 127 Å². The van der Waals surface area contributed by atoms with E-state index in [0.29, 0.717) is 5.44 Å². The molecule has 0 aliphatic rings. The molecule has 5 heterocycles. The van der Waals surface area contributed by atoms with Crippen LogP contribution in [-0.4, -0.2) is 24.9 Å². The predicted molar refractivity (Wildman–Crippen MR) is 221 cm³/mol. The highest BCUT2D eigenvalue weighted by molar-refractivity contribution is 7.62. The Hall–Kier alpha value is -5.66. The monoisotopic (exact) mass is 723 g/mol. The van der Waals surface area contributed by atoms with Gasteiger partial charge in [-0.05, 0) is 79.6 Å². The van der Waals surface area contributed by atoms with Crippen molar-refractivity contribution >= 4 is 126 Å². The summed E-state index contributed by atoms with van der Waals surface area (Å²) in [6.45, 7) is 4.12.